The van der Waals surface area contributed by atoms with Gasteiger partial charge in [-0.1, -0.05) is 15.9 Å². The van der Waals surface area contributed by atoms with Crippen LogP contribution in [0.25, 0.3) is 0 Å². The Morgan fingerprint density at radius 2 is 1.76 bits per heavy atom. The lowest BCUT2D eigenvalue weighted by atomic mass is 10.1. The minimum atomic E-state index is -0.883. The zero-order valence-electron chi connectivity index (χ0n) is 11.5. The van der Waals surface area contributed by atoms with Gasteiger partial charge in [-0.15, -0.1) is 0 Å². The molecule has 0 aliphatic carbocycles. The quantitative estimate of drug-likeness (QED) is 0.749. The molecule has 5 heteroatoms. The highest BCUT2D eigenvalue weighted by atomic mass is 79.9. The van der Waals surface area contributed by atoms with Gasteiger partial charge in [-0.2, -0.15) is 0 Å². The van der Waals surface area contributed by atoms with E-state index < -0.39 is 17.4 Å². The Morgan fingerprint density at radius 3 is 2.33 bits per heavy atom. The molecule has 2 nitrogen and oxygen atoms in total. The highest BCUT2D eigenvalue weighted by molar-refractivity contribution is 9.10. The molecule has 0 amide bonds. The summed E-state index contributed by atoms with van der Waals surface area (Å²) in [6.07, 6.45) is 0. The van der Waals surface area contributed by atoms with Crippen molar-refractivity contribution in [2.45, 2.75) is 13.8 Å². The molecule has 0 spiro atoms. The minimum absolute atomic E-state index is 0.179. The Balaban J connectivity index is 2.11. The van der Waals surface area contributed by atoms with Gasteiger partial charge in [-0.05, 0) is 49.2 Å². The summed E-state index contributed by atoms with van der Waals surface area (Å²) in [4.78, 5) is 11.9. The van der Waals surface area contributed by atoms with Crippen molar-refractivity contribution < 1.29 is 18.3 Å². The maximum Gasteiger partial charge on any atom is 0.203 e. The normalized spacial score (nSPS) is 10.5. The molecule has 21 heavy (non-hydrogen) atoms. The Bertz CT molecular complexity index is 676. The van der Waals surface area contributed by atoms with Gasteiger partial charge in [0.1, 0.15) is 17.4 Å². The van der Waals surface area contributed by atoms with Crippen LogP contribution in [0.15, 0.2) is 34.8 Å². The summed E-state index contributed by atoms with van der Waals surface area (Å²) in [5, 5.41) is 0. The first kappa shape index (κ1) is 15.6. The average molecular weight is 355 g/mol. The van der Waals surface area contributed by atoms with Gasteiger partial charge in [-0.25, -0.2) is 8.78 Å². The van der Waals surface area contributed by atoms with Gasteiger partial charge in [0.15, 0.2) is 6.61 Å². The van der Waals surface area contributed by atoms with E-state index in [-0.39, 0.29) is 12.2 Å². The van der Waals surface area contributed by atoms with Crippen LogP contribution in [0.3, 0.4) is 0 Å². The maximum atomic E-state index is 13.5. The second kappa shape index (κ2) is 6.35. The Labute approximate surface area is 129 Å². The van der Waals surface area contributed by atoms with Crippen LogP contribution in [0.2, 0.25) is 0 Å². The number of ketones is 1. The van der Waals surface area contributed by atoms with E-state index in [0.717, 1.165) is 27.7 Å². The fourth-order valence-electron chi connectivity index (χ4n) is 1.93. The molecule has 0 aliphatic rings. The van der Waals surface area contributed by atoms with Crippen molar-refractivity contribution in [3.05, 3.63) is 63.1 Å². The van der Waals surface area contributed by atoms with Gasteiger partial charge < -0.3 is 4.74 Å². The molecule has 110 valence electrons. The van der Waals surface area contributed by atoms with Gasteiger partial charge in [0.2, 0.25) is 5.78 Å². The number of hydrogen-bond acceptors (Lipinski definition) is 2. The van der Waals surface area contributed by atoms with E-state index in [2.05, 4.69) is 15.9 Å². The molecule has 0 aliphatic heterocycles. The van der Waals surface area contributed by atoms with Crippen molar-refractivity contribution in [2.24, 2.45) is 0 Å². The molecule has 0 bridgehead atoms. The number of carbonyl (C=O) groups is 1. The van der Waals surface area contributed by atoms with Gasteiger partial charge in [0.25, 0.3) is 0 Å². The lowest BCUT2D eigenvalue weighted by Gasteiger charge is -2.10. The summed E-state index contributed by atoms with van der Waals surface area (Å²) in [5.41, 5.74) is 1.78. The molecule has 0 aromatic heterocycles. The third-order valence-electron chi connectivity index (χ3n) is 3.01. The molecular weight excluding hydrogens is 342 g/mol. The van der Waals surface area contributed by atoms with Crippen LogP contribution in [-0.4, -0.2) is 12.4 Å². The van der Waals surface area contributed by atoms with Crippen LogP contribution >= 0.6 is 15.9 Å². The van der Waals surface area contributed by atoms with Crippen LogP contribution in [0.4, 0.5) is 8.78 Å². The molecule has 0 N–H and O–H groups in total. The minimum Gasteiger partial charge on any atom is -0.485 e. The standard InChI is InChI=1S/C16H13BrF2O2/c1-9-5-12(6-10(2)16(9)17)21-8-15(20)13-4-3-11(18)7-14(13)19/h3-7H,8H2,1-2H3. The van der Waals surface area contributed by atoms with E-state index in [0.29, 0.717) is 11.8 Å². The molecule has 0 radical (unpaired) electrons. The van der Waals surface area contributed by atoms with Crippen molar-refractivity contribution in [3.63, 3.8) is 0 Å². The van der Waals surface area contributed by atoms with E-state index in [1.807, 2.05) is 13.8 Å². The monoisotopic (exact) mass is 354 g/mol. The summed E-state index contributed by atoms with van der Waals surface area (Å²) in [5.74, 6) is -1.61. The van der Waals surface area contributed by atoms with Crippen molar-refractivity contribution in [1.29, 1.82) is 0 Å². The number of carbonyl (C=O) groups excluding carboxylic acids is 1. The van der Waals surface area contributed by atoms with Gasteiger partial charge >= 0.3 is 0 Å². The van der Waals surface area contributed by atoms with Crippen LogP contribution in [0.1, 0.15) is 21.5 Å². The van der Waals surface area contributed by atoms with Gasteiger partial charge in [0.05, 0.1) is 5.56 Å². The third-order valence-corrected chi connectivity index (χ3v) is 4.26. The molecule has 2 aromatic rings. The molecule has 2 aromatic carbocycles. The molecule has 0 unspecified atom stereocenters. The molecule has 2 rings (SSSR count). The van der Waals surface area contributed by atoms with Crippen molar-refractivity contribution >= 4 is 21.7 Å². The SMILES string of the molecule is Cc1cc(OCC(=O)c2ccc(F)cc2F)cc(C)c1Br. The number of Topliss-reactive ketones (excluding diaryl/α,β-unsaturated/α-hetero) is 1. The number of benzene rings is 2. The number of halogens is 3. The fraction of sp³-hybridized carbons (Fsp3) is 0.188. The largest absolute Gasteiger partial charge is 0.485 e. The maximum absolute atomic E-state index is 13.5. The average Bonchev–Trinajstić information content (AvgIpc) is 2.42. The molecule has 0 atom stereocenters. The summed E-state index contributed by atoms with van der Waals surface area (Å²) in [6, 6.07) is 6.41. The van der Waals surface area contributed by atoms with E-state index in [1.54, 1.807) is 12.1 Å². The fourth-order valence-corrected chi connectivity index (χ4v) is 2.16. The highest BCUT2D eigenvalue weighted by Crippen LogP contribution is 2.26. The molecule has 0 saturated carbocycles. The summed E-state index contributed by atoms with van der Waals surface area (Å²) < 4.78 is 32.7. The lowest BCUT2D eigenvalue weighted by molar-refractivity contribution is 0.0917. The molecule has 0 heterocycles. The van der Waals surface area contributed by atoms with Crippen LogP contribution in [-0.2, 0) is 0 Å². The third kappa shape index (κ3) is 3.67. The first-order chi connectivity index (χ1) is 9.88. The Kier molecular flexibility index (Phi) is 4.73. The van der Waals surface area contributed by atoms with Gasteiger partial charge in [-0.3, -0.25) is 4.79 Å². The predicted octanol–water partition coefficient (Wildman–Crippen LogP) is 4.61. The summed E-state index contributed by atoms with van der Waals surface area (Å²) >= 11 is 3.44. The number of aryl methyl sites for hydroxylation is 2. The van der Waals surface area contributed by atoms with Crippen molar-refractivity contribution in [1.82, 2.24) is 0 Å². The number of rotatable bonds is 4. The van der Waals surface area contributed by atoms with Gasteiger partial charge in [0, 0.05) is 10.5 Å². The van der Waals surface area contributed by atoms with Crippen LogP contribution < -0.4 is 4.74 Å². The molecule has 0 saturated heterocycles. The second-order valence-electron chi connectivity index (χ2n) is 4.71. The first-order valence-corrected chi connectivity index (χ1v) is 7.05. The van der Waals surface area contributed by atoms with E-state index >= 15 is 0 Å². The summed E-state index contributed by atoms with van der Waals surface area (Å²) in [6.45, 7) is 3.51. The zero-order valence-corrected chi connectivity index (χ0v) is 13.1. The highest BCUT2D eigenvalue weighted by Gasteiger charge is 2.13. The van der Waals surface area contributed by atoms with E-state index in [9.17, 15) is 13.6 Å². The van der Waals surface area contributed by atoms with Crippen LogP contribution in [0, 0.1) is 25.5 Å². The van der Waals surface area contributed by atoms with E-state index in [4.69, 9.17) is 4.74 Å². The first-order valence-electron chi connectivity index (χ1n) is 6.26. The van der Waals surface area contributed by atoms with Crippen molar-refractivity contribution in [3.8, 4) is 5.75 Å². The molecular formula is C16H13BrF2O2. The zero-order chi connectivity index (χ0) is 15.6. The van der Waals surface area contributed by atoms with Crippen LogP contribution in [0.5, 0.6) is 5.75 Å². The smallest absolute Gasteiger partial charge is 0.203 e. The predicted molar refractivity (Wildman–Crippen MR) is 79.8 cm³/mol. The van der Waals surface area contributed by atoms with Crippen molar-refractivity contribution in [2.75, 3.05) is 6.61 Å². The lowest BCUT2D eigenvalue weighted by Crippen LogP contribution is -2.13. The molecule has 0 fully saturated rings. The number of hydrogen-bond donors (Lipinski definition) is 0. The topological polar surface area (TPSA) is 26.3 Å². The van der Waals surface area contributed by atoms with E-state index in [1.165, 1.54) is 0 Å². The Morgan fingerprint density at radius 1 is 1.14 bits per heavy atom. The second-order valence-corrected chi connectivity index (χ2v) is 5.50. The Hall–Kier alpha value is -1.75. The number of ether oxygens (including phenoxy) is 1. The summed E-state index contributed by atoms with van der Waals surface area (Å²) in [7, 11) is 0.